The van der Waals surface area contributed by atoms with E-state index in [1.54, 1.807) is 40.4 Å². The molecule has 0 N–H and O–H groups in total. The molecule has 0 spiro atoms. The second-order valence-electron chi connectivity index (χ2n) is 6.12. The van der Waals surface area contributed by atoms with Crippen LogP contribution >= 0.6 is 11.3 Å². The van der Waals surface area contributed by atoms with Crippen LogP contribution in [0.15, 0.2) is 29.3 Å². The maximum atomic E-state index is 12.8. The molecule has 0 aliphatic rings. The van der Waals surface area contributed by atoms with E-state index < -0.39 is 17.8 Å². The van der Waals surface area contributed by atoms with Crippen molar-refractivity contribution in [3.8, 4) is 0 Å². The van der Waals surface area contributed by atoms with Crippen LogP contribution < -0.4 is 4.80 Å². The summed E-state index contributed by atoms with van der Waals surface area (Å²) in [5, 5.41) is 4.27. The molecule has 3 aromatic rings. The summed E-state index contributed by atoms with van der Waals surface area (Å²) in [7, 11) is 2.59. The highest BCUT2D eigenvalue weighted by Crippen LogP contribution is 2.20. The van der Waals surface area contributed by atoms with E-state index in [1.165, 1.54) is 25.6 Å². The Balaban J connectivity index is 2.17. The molecule has 0 radical (unpaired) electrons. The summed E-state index contributed by atoms with van der Waals surface area (Å²) in [6, 6.07) is 6.59. The molecule has 1 aromatic carbocycles. The highest BCUT2D eigenvalue weighted by Gasteiger charge is 2.17. The summed E-state index contributed by atoms with van der Waals surface area (Å²) >= 11 is 1.19. The molecule has 10 heteroatoms. The average molecular weight is 416 g/mol. The molecule has 152 valence electrons. The Labute approximate surface area is 170 Å². The van der Waals surface area contributed by atoms with Crippen LogP contribution in [0.25, 0.3) is 10.2 Å². The van der Waals surface area contributed by atoms with Gasteiger partial charge in [0.1, 0.15) is 12.2 Å². The van der Waals surface area contributed by atoms with Gasteiger partial charge in [-0.2, -0.15) is 10.1 Å². The van der Waals surface area contributed by atoms with Gasteiger partial charge in [0.15, 0.2) is 4.80 Å². The number of esters is 2. The number of hydrogen-bond acceptors (Lipinski definition) is 7. The van der Waals surface area contributed by atoms with Crippen LogP contribution in [-0.2, 0) is 27.4 Å². The number of methoxy groups -OCH3 is 2. The number of thiazole rings is 1. The molecule has 0 saturated heterocycles. The summed E-state index contributed by atoms with van der Waals surface area (Å²) in [5.41, 5.74) is 2.10. The van der Waals surface area contributed by atoms with Crippen LogP contribution in [0.4, 0.5) is 0 Å². The van der Waals surface area contributed by atoms with Gasteiger partial charge in [0, 0.05) is 6.54 Å². The third-order valence-electron chi connectivity index (χ3n) is 4.24. The van der Waals surface area contributed by atoms with Crippen molar-refractivity contribution < 1.29 is 23.9 Å². The Bertz CT molecular complexity index is 1170. The molecule has 0 aliphatic heterocycles. The monoisotopic (exact) mass is 416 g/mol. The fraction of sp³-hybridized carbons (Fsp3) is 0.316. The van der Waals surface area contributed by atoms with Crippen LogP contribution in [0.5, 0.6) is 0 Å². The van der Waals surface area contributed by atoms with E-state index in [4.69, 9.17) is 9.47 Å². The van der Waals surface area contributed by atoms with E-state index in [2.05, 4.69) is 10.1 Å². The quantitative estimate of drug-likeness (QED) is 0.589. The lowest BCUT2D eigenvalue weighted by Gasteiger charge is -2.04. The molecular formula is C19H20N4O5S. The van der Waals surface area contributed by atoms with Gasteiger partial charge in [-0.1, -0.05) is 11.3 Å². The molecule has 0 unspecified atom stereocenters. The number of fused-ring (bicyclic) bond motifs is 1. The van der Waals surface area contributed by atoms with Gasteiger partial charge < -0.3 is 14.0 Å². The fourth-order valence-electron chi connectivity index (χ4n) is 2.85. The second kappa shape index (κ2) is 8.39. The maximum Gasteiger partial charge on any atom is 0.337 e. The van der Waals surface area contributed by atoms with Crippen molar-refractivity contribution >= 4 is 39.4 Å². The third kappa shape index (κ3) is 4.11. The first-order valence-electron chi connectivity index (χ1n) is 8.80. The van der Waals surface area contributed by atoms with Crippen molar-refractivity contribution in [3.05, 3.63) is 46.0 Å². The summed E-state index contributed by atoms with van der Waals surface area (Å²) in [5.74, 6) is -1.42. The van der Waals surface area contributed by atoms with Gasteiger partial charge in [-0.3, -0.25) is 14.3 Å². The molecule has 9 nitrogen and oxygen atoms in total. The zero-order valence-electron chi connectivity index (χ0n) is 16.5. The SMILES string of the molecule is CCn1nc(C)cc1C(=O)N=c1sc2cc(C(=O)OC)ccc2n1CC(=O)OC. The Morgan fingerprint density at radius 1 is 1.17 bits per heavy atom. The molecule has 2 heterocycles. The van der Waals surface area contributed by atoms with Crippen molar-refractivity contribution in [2.75, 3.05) is 14.2 Å². The number of carbonyl (C=O) groups excluding carboxylic acids is 3. The van der Waals surface area contributed by atoms with E-state index in [0.717, 1.165) is 0 Å². The molecule has 0 atom stereocenters. The van der Waals surface area contributed by atoms with Crippen molar-refractivity contribution in [2.24, 2.45) is 4.99 Å². The largest absolute Gasteiger partial charge is 0.468 e. The lowest BCUT2D eigenvalue weighted by Crippen LogP contribution is -2.23. The number of hydrogen-bond donors (Lipinski definition) is 0. The summed E-state index contributed by atoms with van der Waals surface area (Å²) < 4.78 is 13.4. The number of aromatic nitrogens is 3. The predicted octanol–water partition coefficient (Wildman–Crippen LogP) is 1.93. The van der Waals surface area contributed by atoms with E-state index in [9.17, 15) is 14.4 Å². The lowest BCUT2D eigenvalue weighted by molar-refractivity contribution is -0.141. The van der Waals surface area contributed by atoms with Crippen molar-refractivity contribution in [1.82, 2.24) is 14.3 Å². The number of benzene rings is 1. The second-order valence-corrected chi connectivity index (χ2v) is 7.13. The van der Waals surface area contributed by atoms with Gasteiger partial charge in [-0.15, -0.1) is 0 Å². The Kier molecular flexibility index (Phi) is 5.92. The molecule has 1 amide bonds. The molecule has 0 aliphatic carbocycles. The minimum atomic E-state index is -0.481. The molecule has 0 saturated carbocycles. The first kappa shape index (κ1) is 20.5. The zero-order chi connectivity index (χ0) is 21.1. The Hall–Kier alpha value is -3.27. The Morgan fingerprint density at radius 3 is 2.59 bits per heavy atom. The van der Waals surface area contributed by atoms with Gasteiger partial charge in [-0.25, -0.2) is 4.79 Å². The molecule has 0 bridgehead atoms. The Morgan fingerprint density at radius 2 is 1.93 bits per heavy atom. The standard InChI is InChI=1S/C19H20N4O5S/c1-5-23-14(8-11(2)21-23)17(25)20-19-22(10-16(24)27-3)13-7-6-12(18(26)28-4)9-15(13)29-19/h6-9H,5,10H2,1-4H3. The number of ether oxygens (including phenoxy) is 2. The van der Waals surface area contributed by atoms with E-state index >= 15 is 0 Å². The summed E-state index contributed by atoms with van der Waals surface area (Å²) in [6.07, 6.45) is 0. The van der Waals surface area contributed by atoms with Crippen molar-refractivity contribution in [2.45, 2.75) is 26.9 Å². The number of amides is 1. The fourth-order valence-corrected chi connectivity index (χ4v) is 3.92. The summed E-state index contributed by atoms with van der Waals surface area (Å²) in [6.45, 7) is 4.09. The van der Waals surface area contributed by atoms with E-state index in [-0.39, 0.29) is 6.54 Å². The van der Waals surface area contributed by atoms with Gasteiger partial charge in [0.2, 0.25) is 0 Å². The predicted molar refractivity (Wildman–Crippen MR) is 106 cm³/mol. The zero-order valence-corrected chi connectivity index (χ0v) is 17.3. The number of aryl methyl sites for hydroxylation is 2. The van der Waals surface area contributed by atoms with Gasteiger partial charge >= 0.3 is 11.9 Å². The minimum Gasteiger partial charge on any atom is -0.468 e. The topological polar surface area (TPSA) is 105 Å². The highest BCUT2D eigenvalue weighted by molar-refractivity contribution is 7.16. The van der Waals surface area contributed by atoms with Crippen molar-refractivity contribution in [1.29, 1.82) is 0 Å². The smallest absolute Gasteiger partial charge is 0.337 e. The van der Waals surface area contributed by atoms with Gasteiger partial charge in [-0.05, 0) is 38.1 Å². The third-order valence-corrected chi connectivity index (χ3v) is 5.28. The molecule has 29 heavy (non-hydrogen) atoms. The van der Waals surface area contributed by atoms with Crippen LogP contribution in [-0.4, -0.2) is 46.4 Å². The lowest BCUT2D eigenvalue weighted by atomic mass is 10.2. The molecular weight excluding hydrogens is 396 g/mol. The number of rotatable bonds is 5. The van der Waals surface area contributed by atoms with E-state index in [1.807, 2.05) is 6.92 Å². The van der Waals surface area contributed by atoms with Gasteiger partial charge in [0.25, 0.3) is 5.91 Å². The highest BCUT2D eigenvalue weighted by atomic mass is 32.1. The normalized spacial score (nSPS) is 11.7. The molecule has 3 rings (SSSR count). The first-order valence-corrected chi connectivity index (χ1v) is 9.61. The van der Waals surface area contributed by atoms with Crippen LogP contribution in [0.2, 0.25) is 0 Å². The average Bonchev–Trinajstić information content (AvgIpc) is 3.26. The van der Waals surface area contributed by atoms with Crippen molar-refractivity contribution in [3.63, 3.8) is 0 Å². The number of carbonyl (C=O) groups is 3. The minimum absolute atomic E-state index is 0.119. The van der Waals surface area contributed by atoms with Crippen LogP contribution in [0, 0.1) is 6.92 Å². The van der Waals surface area contributed by atoms with Gasteiger partial charge in [0.05, 0.1) is 35.7 Å². The first-order chi connectivity index (χ1) is 13.9. The molecule has 0 fully saturated rings. The summed E-state index contributed by atoms with van der Waals surface area (Å²) in [4.78, 5) is 41.1. The van der Waals surface area contributed by atoms with Crippen LogP contribution in [0.1, 0.15) is 33.5 Å². The maximum absolute atomic E-state index is 12.8. The van der Waals surface area contributed by atoms with Crippen LogP contribution in [0.3, 0.4) is 0 Å². The molecule has 2 aromatic heterocycles. The van der Waals surface area contributed by atoms with E-state index in [0.29, 0.717) is 38.5 Å². The number of nitrogens with zero attached hydrogens (tertiary/aromatic N) is 4.